The predicted octanol–water partition coefficient (Wildman–Crippen LogP) is 5.12. The molecule has 1 aliphatic heterocycles. The Bertz CT molecular complexity index is 1070. The number of amides is 2. The zero-order valence-corrected chi connectivity index (χ0v) is 18.8. The van der Waals surface area contributed by atoms with Gasteiger partial charge in [0.05, 0.1) is 0 Å². The van der Waals surface area contributed by atoms with Crippen molar-refractivity contribution >= 4 is 34.8 Å². The van der Waals surface area contributed by atoms with Gasteiger partial charge >= 0.3 is 0 Å². The third kappa shape index (κ3) is 5.11. The maximum atomic E-state index is 12.8. The van der Waals surface area contributed by atoms with Gasteiger partial charge in [-0.15, -0.1) is 0 Å². The van der Waals surface area contributed by atoms with Crippen molar-refractivity contribution in [2.45, 2.75) is 13.3 Å². The van der Waals surface area contributed by atoms with Crippen LogP contribution in [0.4, 0.5) is 11.4 Å². The minimum atomic E-state index is -0.173. The van der Waals surface area contributed by atoms with Gasteiger partial charge in [-0.3, -0.25) is 9.59 Å². The molecule has 0 radical (unpaired) electrons. The van der Waals surface area contributed by atoms with Crippen molar-refractivity contribution < 1.29 is 9.59 Å². The van der Waals surface area contributed by atoms with E-state index >= 15 is 0 Å². The first-order chi connectivity index (χ1) is 15.5. The highest BCUT2D eigenvalue weighted by atomic mass is 35.5. The number of piperazine rings is 1. The van der Waals surface area contributed by atoms with E-state index in [0.29, 0.717) is 23.7 Å². The Hall–Kier alpha value is -3.31. The minimum absolute atomic E-state index is 0.0903. The summed E-state index contributed by atoms with van der Waals surface area (Å²) in [4.78, 5) is 29.3. The Morgan fingerprint density at radius 1 is 0.812 bits per heavy atom. The molecule has 3 aromatic rings. The fourth-order valence-electron chi connectivity index (χ4n) is 3.79. The molecule has 0 aliphatic carbocycles. The van der Waals surface area contributed by atoms with Crippen LogP contribution in [0.15, 0.2) is 72.8 Å². The second-order valence-electron chi connectivity index (χ2n) is 7.84. The smallest absolute Gasteiger partial charge is 0.255 e. The summed E-state index contributed by atoms with van der Waals surface area (Å²) in [5.74, 6) is -0.0823. The molecular formula is C26H26ClN3O2. The Kier molecular flexibility index (Phi) is 6.76. The van der Waals surface area contributed by atoms with Crippen LogP contribution in [0.5, 0.6) is 0 Å². The van der Waals surface area contributed by atoms with Crippen LogP contribution in [0.25, 0.3) is 0 Å². The van der Waals surface area contributed by atoms with E-state index in [1.165, 1.54) is 5.56 Å². The average Bonchev–Trinajstić information content (AvgIpc) is 2.84. The first-order valence-electron chi connectivity index (χ1n) is 10.8. The van der Waals surface area contributed by atoms with Crippen LogP contribution in [0.1, 0.15) is 33.2 Å². The summed E-state index contributed by atoms with van der Waals surface area (Å²) in [6, 6.07) is 22.5. The Morgan fingerprint density at radius 3 is 2.00 bits per heavy atom. The van der Waals surface area contributed by atoms with E-state index in [-0.39, 0.29) is 11.8 Å². The average molecular weight is 448 g/mol. The van der Waals surface area contributed by atoms with E-state index in [0.717, 1.165) is 36.4 Å². The highest BCUT2D eigenvalue weighted by Gasteiger charge is 2.22. The first-order valence-corrected chi connectivity index (χ1v) is 11.2. The molecule has 6 heteroatoms. The van der Waals surface area contributed by atoms with E-state index in [4.69, 9.17) is 11.6 Å². The van der Waals surface area contributed by atoms with Crippen molar-refractivity contribution in [1.82, 2.24) is 4.90 Å². The summed E-state index contributed by atoms with van der Waals surface area (Å²) in [5, 5.41) is 3.50. The molecule has 0 unspecified atom stereocenters. The van der Waals surface area contributed by atoms with Crippen LogP contribution in [0, 0.1) is 0 Å². The van der Waals surface area contributed by atoms with Crippen molar-refractivity contribution in [3.8, 4) is 0 Å². The molecule has 2 amide bonds. The zero-order valence-electron chi connectivity index (χ0n) is 18.1. The second kappa shape index (κ2) is 9.88. The lowest BCUT2D eigenvalue weighted by atomic mass is 10.1. The maximum absolute atomic E-state index is 12.8. The van der Waals surface area contributed by atoms with Gasteiger partial charge in [0.2, 0.25) is 0 Å². The zero-order chi connectivity index (χ0) is 22.5. The number of anilines is 2. The number of rotatable bonds is 5. The third-order valence-corrected chi connectivity index (χ3v) is 6.02. The number of nitrogens with one attached hydrogen (secondary N) is 1. The van der Waals surface area contributed by atoms with Gasteiger partial charge in [0.1, 0.15) is 0 Å². The normalized spacial score (nSPS) is 13.7. The Balaban J connectivity index is 1.32. The number of halogens is 1. The summed E-state index contributed by atoms with van der Waals surface area (Å²) in [6.07, 6.45) is 0.969. The van der Waals surface area contributed by atoms with Gasteiger partial charge in [0, 0.05) is 53.7 Å². The number of hydrogen-bond donors (Lipinski definition) is 1. The largest absolute Gasteiger partial charge is 0.368 e. The van der Waals surface area contributed by atoms with E-state index in [1.54, 1.807) is 24.3 Å². The number of hydrogen-bond acceptors (Lipinski definition) is 3. The SMILES string of the molecule is CCc1ccc(C(=O)N2CCN(c3ccc(NC(=O)c4ccc(Cl)cc4)cc3)CC2)cc1. The molecule has 1 saturated heterocycles. The summed E-state index contributed by atoms with van der Waals surface area (Å²) >= 11 is 5.88. The Morgan fingerprint density at radius 2 is 1.41 bits per heavy atom. The standard InChI is InChI=1S/C26H26ClN3O2/c1-2-19-3-5-21(6-4-19)26(32)30-17-15-29(16-18-30)24-13-11-23(12-14-24)28-25(31)20-7-9-22(27)10-8-20/h3-14H,2,15-18H2,1H3,(H,28,31). The molecule has 0 saturated carbocycles. The lowest BCUT2D eigenvalue weighted by molar-refractivity contribution is 0.0746. The highest BCUT2D eigenvalue weighted by molar-refractivity contribution is 6.30. The fraction of sp³-hybridized carbons (Fsp3) is 0.231. The molecular weight excluding hydrogens is 422 g/mol. The minimum Gasteiger partial charge on any atom is -0.368 e. The van der Waals surface area contributed by atoms with E-state index in [2.05, 4.69) is 17.1 Å². The fourth-order valence-corrected chi connectivity index (χ4v) is 3.92. The van der Waals surface area contributed by atoms with Crippen molar-refractivity contribution in [3.63, 3.8) is 0 Å². The van der Waals surface area contributed by atoms with Crippen LogP contribution in [-0.2, 0) is 6.42 Å². The number of nitrogens with zero attached hydrogens (tertiary/aromatic N) is 2. The molecule has 3 aromatic carbocycles. The first kappa shape index (κ1) is 21.9. The molecule has 0 spiro atoms. The monoisotopic (exact) mass is 447 g/mol. The lowest BCUT2D eigenvalue weighted by Gasteiger charge is -2.36. The molecule has 0 aromatic heterocycles. The van der Waals surface area contributed by atoms with Crippen LogP contribution in [0.2, 0.25) is 5.02 Å². The van der Waals surface area contributed by atoms with Crippen LogP contribution < -0.4 is 10.2 Å². The number of carbonyl (C=O) groups excluding carboxylic acids is 2. The summed E-state index contributed by atoms with van der Waals surface area (Å²) < 4.78 is 0. The van der Waals surface area contributed by atoms with Gasteiger partial charge in [-0.2, -0.15) is 0 Å². The van der Waals surface area contributed by atoms with Crippen molar-refractivity contribution in [1.29, 1.82) is 0 Å². The topological polar surface area (TPSA) is 52.7 Å². The number of carbonyl (C=O) groups is 2. The maximum Gasteiger partial charge on any atom is 0.255 e. The lowest BCUT2D eigenvalue weighted by Crippen LogP contribution is -2.48. The highest BCUT2D eigenvalue weighted by Crippen LogP contribution is 2.21. The molecule has 5 nitrogen and oxygen atoms in total. The Labute approximate surface area is 193 Å². The van der Waals surface area contributed by atoms with Crippen molar-refractivity contribution in [2.75, 3.05) is 36.4 Å². The van der Waals surface area contributed by atoms with Gasteiger partial charge < -0.3 is 15.1 Å². The van der Waals surface area contributed by atoms with E-state index in [1.807, 2.05) is 53.4 Å². The van der Waals surface area contributed by atoms with Gasteiger partial charge in [-0.1, -0.05) is 30.7 Å². The molecule has 1 heterocycles. The van der Waals surface area contributed by atoms with Crippen molar-refractivity contribution in [3.05, 3.63) is 94.5 Å². The molecule has 1 aliphatic rings. The van der Waals surface area contributed by atoms with Crippen LogP contribution in [-0.4, -0.2) is 42.9 Å². The third-order valence-electron chi connectivity index (χ3n) is 5.77. The molecule has 164 valence electrons. The van der Waals surface area contributed by atoms with Gasteiger partial charge in [-0.05, 0) is 72.6 Å². The van der Waals surface area contributed by atoms with E-state index < -0.39 is 0 Å². The second-order valence-corrected chi connectivity index (χ2v) is 8.27. The van der Waals surface area contributed by atoms with Crippen LogP contribution >= 0.6 is 11.6 Å². The number of aryl methyl sites for hydroxylation is 1. The molecule has 32 heavy (non-hydrogen) atoms. The molecule has 1 fully saturated rings. The molecule has 0 bridgehead atoms. The van der Waals surface area contributed by atoms with Gasteiger partial charge in [-0.25, -0.2) is 0 Å². The van der Waals surface area contributed by atoms with Gasteiger partial charge in [0.25, 0.3) is 11.8 Å². The predicted molar refractivity (Wildman–Crippen MR) is 130 cm³/mol. The molecule has 4 rings (SSSR count). The molecule has 0 atom stereocenters. The summed E-state index contributed by atoms with van der Waals surface area (Å²) in [5.41, 5.74) is 4.35. The summed E-state index contributed by atoms with van der Waals surface area (Å²) in [6.45, 7) is 5.02. The molecule has 1 N–H and O–H groups in total. The van der Waals surface area contributed by atoms with Gasteiger partial charge in [0.15, 0.2) is 0 Å². The summed E-state index contributed by atoms with van der Waals surface area (Å²) in [7, 11) is 0. The van der Waals surface area contributed by atoms with Crippen LogP contribution in [0.3, 0.4) is 0 Å². The van der Waals surface area contributed by atoms with Crippen molar-refractivity contribution in [2.24, 2.45) is 0 Å². The number of benzene rings is 3. The van der Waals surface area contributed by atoms with E-state index in [9.17, 15) is 9.59 Å². The quantitative estimate of drug-likeness (QED) is 0.590.